The van der Waals surface area contributed by atoms with E-state index in [4.69, 9.17) is 9.15 Å². The Morgan fingerprint density at radius 3 is 2.48 bits per heavy atom. The average Bonchev–Trinajstić information content (AvgIpc) is 3.22. The Kier molecular flexibility index (Phi) is 5.51. The summed E-state index contributed by atoms with van der Waals surface area (Å²) in [5.41, 5.74) is 3.45. The van der Waals surface area contributed by atoms with E-state index in [1.54, 1.807) is 26.3 Å². The molecule has 0 unspecified atom stereocenters. The summed E-state index contributed by atoms with van der Waals surface area (Å²) in [5.74, 6) is 1.23. The van der Waals surface area contributed by atoms with Gasteiger partial charge in [-0.25, -0.2) is 9.98 Å². The SMILES string of the molecule is C=N/C(C)=C(\N=C(C)c1ccc(OC)nc1)c1nnc(-c2ccccc2)o1. The first kappa shape index (κ1) is 18.2. The third-order valence-electron chi connectivity index (χ3n) is 3.87. The van der Waals surface area contributed by atoms with Crippen LogP contribution in [0.3, 0.4) is 0 Å². The Labute approximate surface area is 157 Å². The van der Waals surface area contributed by atoms with Gasteiger partial charge in [-0.1, -0.05) is 18.2 Å². The number of allylic oxidation sites excluding steroid dienone is 1. The van der Waals surface area contributed by atoms with Crippen LogP contribution in [0.1, 0.15) is 25.3 Å². The van der Waals surface area contributed by atoms with E-state index in [2.05, 4.69) is 31.9 Å². The van der Waals surface area contributed by atoms with E-state index in [9.17, 15) is 0 Å². The van der Waals surface area contributed by atoms with Crippen LogP contribution in [0.2, 0.25) is 0 Å². The van der Waals surface area contributed by atoms with Gasteiger partial charge in [0.2, 0.25) is 11.8 Å². The fourth-order valence-electron chi connectivity index (χ4n) is 2.32. The van der Waals surface area contributed by atoms with Crippen LogP contribution in [-0.2, 0) is 0 Å². The van der Waals surface area contributed by atoms with Crippen LogP contribution in [-0.4, -0.2) is 34.7 Å². The lowest BCUT2D eigenvalue weighted by atomic mass is 10.2. The lowest BCUT2D eigenvalue weighted by Gasteiger charge is -2.04. The van der Waals surface area contributed by atoms with Gasteiger partial charge >= 0.3 is 0 Å². The molecule has 0 spiro atoms. The second kappa shape index (κ2) is 8.18. The summed E-state index contributed by atoms with van der Waals surface area (Å²) in [6, 6.07) is 13.2. The lowest BCUT2D eigenvalue weighted by Crippen LogP contribution is -1.98. The molecule has 0 atom stereocenters. The normalized spacial score (nSPS) is 12.5. The van der Waals surface area contributed by atoms with Crippen molar-refractivity contribution >= 4 is 18.1 Å². The first-order chi connectivity index (χ1) is 13.1. The van der Waals surface area contributed by atoms with Gasteiger partial charge in [0.15, 0.2) is 0 Å². The van der Waals surface area contributed by atoms with Crippen molar-refractivity contribution in [1.29, 1.82) is 0 Å². The van der Waals surface area contributed by atoms with Gasteiger partial charge in [0, 0.05) is 29.1 Å². The van der Waals surface area contributed by atoms with E-state index in [1.807, 2.05) is 43.3 Å². The van der Waals surface area contributed by atoms with E-state index in [0.717, 1.165) is 16.8 Å². The monoisotopic (exact) mass is 361 g/mol. The fourth-order valence-corrected chi connectivity index (χ4v) is 2.32. The number of ether oxygens (including phenoxy) is 1. The van der Waals surface area contributed by atoms with Crippen molar-refractivity contribution in [2.24, 2.45) is 9.98 Å². The first-order valence-electron chi connectivity index (χ1n) is 8.25. The quantitative estimate of drug-likeness (QED) is 0.619. The molecule has 0 saturated carbocycles. The number of aromatic nitrogens is 3. The molecule has 0 saturated heterocycles. The molecule has 0 N–H and O–H groups in total. The van der Waals surface area contributed by atoms with Crippen molar-refractivity contribution in [1.82, 2.24) is 15.2 Å². The number of benzene rings is 1. The maximum Gasteiger partial charge on any atom is 0.268 e. The third kappa shape index (κ3) is 4.14. The number of hydrogen-bond acceptors (Lipinski definition) is 7. The number of pyridine rings is 1. The average molecular weight is 361 g/mol. The largest absolute Gasteiger partial charge is 0.481 e. The molecule has 27 heavy (non-hydrogen) atoms. The van der Waals surface area contributed by atoms with E-state index in [-0.39, 0.29) is 5.89 Å². The lowest BCUT2D eigenvalue weighted by molar-refractivity contribution is 0.398. The van der Waals surface area contributed by atoms with Crippen molar-refractivity contribution in [3.63, 3.8) is 0 Å². The van der Waals surface area contributed by atoms with Crippen LogP contribution in [0.4, 0.5) is 0 Å². The van der Waals surface area contributed by atoms with Gasteiger partial charge in [-0.3, -0.25) is 4.99 Å². The Morgan fingerprint density at radius 1 is 1.07 bits per heavy atom. The van der Waals surface area contributed by atoms with Gasteiger partial charge < -0.3 is 9.15 Å². The minimum absolute atomic E-state index is 0.277. The van der Waals surface area contributed by atoms with Crippen LogP contribution in [0.25, 0.3) is 17.2 Å². The predicted molar refractivity (Wildman–Crippen MR) is 105 cm³/mol. The molecule has 3 aromatic rings. The van der Waals surface area contributed by atoms with E-state index < -0.39 is 0 Å². The number of hydrogen-bond donors (Lipinski definition) is 0. The predicted octanol–water partition coefficient (Wildman–Crippen LogP) is 4.04. The molecule has 0 bridgehead atoms. The highest BCUT2D eigenvalue weighted by Gasteiger charge is 2.15. The molecule has 7 heteroatoms. The number of nitrogens with zero attached hydrogens (tertiary/aromatic N) is 5. The smallest absolute Gasteiger partial charge is 0.268 e. The second-order valence-corrected chi connectivity index (χ2v) is 5.66. The molecule has 0 amide bonds. The molecule has 0 aliphatic heterocycles. The Hall–Kier alpha value is -3.61. The second-order valence-electron chi connectivity index (χ2n) is 5.66. The number of methoxy groups -OCH3 is 1. The van der Waals surface area contributed by atoms with Gasteiger partial charge in [0.1, 0.15) is 5.70 Å². The molecule has 7 nitrogen and oxygen atoms in total. The molecular weight excluding hydrogens is 342 g/mol. The van der Waals surface area contributed by atoms with Crippen molar-refractivity contribution in [3.8, 4) is 17.3 Å². The topological polar surface area (TPSA) is 85.8 Å². The molecule has 1 aromatic carbocycles. The summed E-state index contributed by atoms with van der Waals surface area (Å²) in [7, 11) is 1.57. The zero-order chi connectivity index (χ0) is 19.2. The molecule has 2 aromatic heterocycles. The van der Waals surface area contributed by atoms with E-state index in [0.29, 0.717) is 23.2 Å². The summed E-state index contributed by atoms with van der Waals surface area (Å²) < 4.78 is 10.9. The summed E-state index contributed by atoms with van der Waals surface area (Å²) in [6.45, 7) is 7.24. The minimum Gasteiger partial charge on any atom is -0.481 e. The van der Waals surface area contributed by atoms with Crippen molar-refractivity contribution in [2.45, 2.75) is 13.8 Å². The Balaban J connectivity index is 1.98. The molecule has 0 aliphatic rings. The van der Waals surface area contributed by atoms with Crippen molar-refractivity contribution < 1.29 is 9.15 Å². The molecule has 2 heterocycles. The number of aliphatic imine (C=N–C) groups is 2. The zero-order valence-corrected chi connectivity index (χ0v) is 15.4. The van der Waals surface area contributed by atoms with Crippen LogP contribution in [0, 0.1) is 0 Å². The van der Waals surface area contributed by atoms with Crippen molar-refractivity contribution in [3.05, 3.63) is 65.8 Å². The molecule has 3 rings (SSSR count). The first-order valence-corrected chi connectivity index (χ1v) is 8.25. The van der Waals surface area contributed by atoms with Gasteiger partial charge in [0.25, 0.3) is 5.89 Å². The highest BCUT2D eigenvalue weighted by molar-refractivity contribution is 6.01. The van der Waals surface area contributed by atoms with Crippen LogP contribution in [0.5, 0.6) is 5.88 Å². The summed E-state index contributed by atoms with van der Waals surface area (Å²) >= 11 is 0. The highest BCUT2D eigenvalue weighted by atomic mass is 16.5. The summed E-state index contributed by atoms with van der Waals surface area (Å²) in [5, 5.41) is 8.25. The van der Waals surface area contributed by atoms with E-state index in [1.165, 1.54) is 0 Å². The Bertz CT molecular complexity index is 989. The maximum absolute atomic E-state index is 5.82. The summed E-state index contributed by atoms with van der Waals surface area (Å²) in [4.78, 5) is 12.8. The maximum atomic E-state index is 5.82. The molecule has 0 fully saturated rings. The molecule has 0 aliphatic carbocycles. The van der Waals surface area contributed by atoms with Gasteiger partial charge in [-0.2, -0.15) is 0 Å². The standard InChI is InChI=1S/C20H19N5O2/c1-13(16-10-11-17(26-4)22-12-16)23-18(14(2)21-3)20-25-24-19(27-20)15-8-6-5-7-9-15/h5-12H,3H2,1-2,4H3/b18-14-,23-13?. The third-order valence-corrected chi connectivity index (χ3v) is 3.87. The van der Waals surface area contributed by atoms with Gasteiger partial charge in [-0.05, 0) is 38.8 Å². The fraction of sp³-hybridized carbons (Fsp3) is 0.150. The van der Waals surface area contributed by atoms with Gasteiger partial charge in [0.05, 0.1) is 12.8 Å². The van der Waals surface area contributed by atoms with Crippen molar-refractivity contribution in [2.75, 3.05) is 7.11 Å². The molecule has 136 valence electrons. The molecular formula is C20H19N5O2. The minimum atomic E-state index is 0.277. The van der Waals surface area contributed by atoms with Gasteiger partial charge in [-0.15, -0.1) is 10.2 Å². The van der Waals surface area contributed by atoms with Crippen LogP contribution < -0.4 is 4.74 Å². The number of rotatable bonds is 6. The Morgan fingerprint density at radius 2 is 1.85 bits per heavy atom. The van der Waals surface area contributed by atoms with E-state index >= 15 is 0 Å². The summed E-state index contributed by atoms with van der Waals surface area (Å²) in [6.07, 6.45) is 1.69. The van der Waals surface area contributed by atoms with Crippen LogP contribution >= 0.6 is 0 Å². The molecule has 0 radical (unpaired) electrons. The zero-order valence-electron chi connectivity index (χ0n) is 15.4. The highest BCUT2D eigenvalue weighted by Crippen LogP contribution is 2.25. The van der Waals surface area contributed by atoms with Crippen LogP contribution in [0.15, 0.2) is 68.8 Å².